The van der Waals surface area contributed by atoms with Crippen LogP contribution in [-0.2, 0) is 4.74 Å². The van der Waals surface area contributed by atoms with E-state index in [0.29, 0.717) is 5.88 Å². The maximum Gasteiger partial charge on any atom is 0.187 e. The van der Waals surface area contributed by atoms with Crippen LogP contribution in [0.4, 0.5) is 0 Å². The van der Waals surface area contributed by atoms with Gasteiger partial charge >= 0.3 is 0 Å². The molecule has 0 amide bonds. The summed E-state index contributed by atoms with van der Waals surface area (Å²) in [7, 11) is 1.58. The molecule has 2 heteroatoms. The summed E-state index contributed by atoms with van der Waals surface area (Å²) < 4.78 is 4.95. The zero-order valence-electron chi connectivity index (χ0n) is 8.29. The van der Waals surface area contributed by atoms with Crippen molar-refractivity contribution in [1.29, 1.82) is 0 Å². The Bertz CT molecular complexity index is 311. The molecule has 13 heavy (non-hydrogen) atoms. The first-order valence-electron chi connectivity index (χ1n) is 4.22. The smallest absolute Gasteiger partial charge is 0.187 e. The van der Waals surface area contributed by atoms with Gasteiger partial charge < -0.3 is 10.5 Å². The molecule has 0 bridgehead atoms. The Morgan fingerprint density at radius 1 is 1.23 bits per heavy atom. The third-order valence-electron chi connectivity index (χ3n) is 2.07. The van der Waals surface area contributed by atoms with Crippen LogP contribution < -0.4 is 5.73 Å². The van der Waals surface area contributed by atoms with Gasteiger partial charge in [-0.25, -0.2) is 0 Å². The SMILES string of the molecule is CO/C(N)=C(/C)c1ccc(C)cc1. The number of nitrogens with two attached hydrogens (primary N) is 1. The topological polar surface area (TPSA) is 35.2 Å². The molecule has 70 valence electrons. The van der Waals surface area contributed by atoms with Gasteiger partial charge in [0.2, 0.25) is 0 Å². The fourth-order valence-corrected chi connectivity index (χ4v) is 1.10. The number of benzene rings is 1. The Balaban J connectivity index is 3.02. The molecule has 0 spiro atoms. The van der Waals surface area contributed by atoms with Crippen molar-refractivity contribution < 1.29 is 4.74 Å². The highest BCUT2D eigenvalue weighted by Gasteiger charge is 2.00. The van der Waals surface area contributed by atoms with Gasteiger partial charge in [0.25, 0.3) is 0 Å². The van der Waals surface area contributed by atoms with E-state index in [9.17, 15) is 0 Å². The average Bonchev–Trinajstić information content (AvgIpc) is 2.17. The maximum atomic E-state index is 5.64. The second kappa shape index (κ2) is 3.99. The molecule has 1 aromatic carbocycles. The Labute approximate surface area is 79.0 Å². The molecule has 0 atom stereocenters. The lowest BCUT2D eigenvalue weighted by Gasteiger charge is -2.06. The summed E-state index contributed by atoms with van der Waals surface area (Å²) in [4.78, 5) is 0. The van der Waals surface area contributed by atoms with Crippen molar-refractivity contribution in [3.05, 3.63) is 41.3 Å². The van der Waals surface area contributed by atoms with Crippen molar-refractivity contribution in [2.75, 3.05) is 7.11 Å². The molecular formula is C11H15NO. The molecule has 0 radical (unpaired) electrons. The second-order valence-corrected chi connectivity index (χ2v) is 3.06. The second-order valence-electron chi connectivity index (χ2n) is 3.06. The van der Waals surface area contributed by atoms with Gasteiger partial charge in [-0.3, -0.25) is 0 Å². The number of aryl methyl sites for hydroxylation is 1. The van der Waals surface area contributed by atoms with E-state index in [4.69, 9.17) is 10.5 Å². The van der Waals surface area contributed by atoms with E-state index in [2.05, 4.69) is 19.1 Å². The summed E-state index contributed by atoms with van der Waals surface area (Å²) in [5.74, 6) is 0.476. The van der Waals surface area contributed by atoms with Crippen LogP contribution in [0.1, 0.15) is 18.1 Å². The number of rotatable bonds is 2. The van der Waals surface area contributed by atoms with Gasteiger partial charge in [-0.1, -0.05) is 29.8 Å². The van der Waals surface area contributed by atoms with Crippen LogP contribution in [0.15, 0.2) is 30.1 Å². The van der Waals surface area contributed by atoms with Crippen molar-refractivity contribution in [3.8, 4) is 0 Å². The summed E-state index contributed by atoms with van der Waals surface area (Å²) in [5.41, 5.74) is 8.96. The molecule has 2 nitrogen and oxygen atoms in total. The van der Waals surface area contributed by atoms with Crippen LogP contribution in [-0.4, -0.2) is 7.11 Å². The molecule has 0 aliphatic rings. The van der Waals surface area contributed by atoms with E-state index in [1.54, 1.807) is 7.11 Å². The van der Waals surface area contributed by atoms with Crippen molar-refractivity contribution in [3.63, 3.8) is 0 Å². The molecule has 0 aromatic heterocycles. The van der Waals surface area contributed by atoms with Gasteiger partial charge in [-0.05, 0) is 19.4 Å². The monoisotopic (exact) mass is 177 g/mol. The Kier molecular flexibility index (Phi) is 2.96. The third kappa shape index (κ3) is 2.25. The molecule has 1 aromatic rings. The standard InChI is InChI=1S/C11H15NO/c1-8-4-6-10(7-5-8)9(2)11(12)13-3/h4-7H,12H2,1-3H3/b11-9-. The highest BCUT2D eigenvalue weighted by molar-refractivity contribution is 5.65. The Morgan fingerprint density at radius 3 is 2.23 bits per heavy atom. The molecule has 0 unspecified atom stereocenters. The van der Waals surface area contributed by atoms with Crippen LogP contribution in [0.25, 0.3) is 5.57 Å². The molecule has 0 saturated heterocycles. The summed E-state index contributed by atoms with van der Waals surface area (Å²) in [6, 6.07) is 8.19. The minimum atomic E-state index is 0.476. The van der Waals surface area contributed by atoms with Crippen LogP contribution in [0, 0.1) is 6.92 Å². The number of hydrogen-bond acceptors (Lipinski definition) is 2. The van der Waals surface area contributed by atoms with Crippen LogP contribution in [0.3, 0.4) is 0 Å². The van der Waals surface area contributed by atoms with Gasteiger partial charge in [0.05, 0.1) is 7.11 Å². The predicted octanol–water partition coefficient (Wildman–Crippen LogP) is 2.29. The predicted molar refractivity (Wildman–Crippen MR) is 55.0 cm³/mol. The van der Waals surface area contributed by atoms with Gasteiger partial charge in [-0.2, -0.15) is 0 Å². The van der Waals surface area contributed by atoms with Crippen LogP contribution in [0.5, 0.6) is 0 Å². The lowest BCUT2D eigenvalue weighted by Crippen LogP contribution is -2.02. The molecule has 0 aliphatic carbocycles. The number of ether oxygens (including phenoxy) is 1. The number of allylic oxidation sites excluding steroid dienone is 1. The fourth-order valence-electron chi connectivity index (χ4n) is 1.10. The minimum absolute atomic E-state index is 0.476. The summed E-state index contributed by atoms with van der Waals surface area (Å²) in [5, 5.41) is 0. The third-order valence-corrected chi connectivity index (χ3v) is 2.07. The number of hydrogen-bond donors (Lipinski definition) is 1. The highest BCUT2D eigenvalue weighted by Crippen LogP contribution is 2.16. The van der Waals surface area contributed by atoms with Crippen molar-refractivity contribution in [1.82, 2.24) is 0 Å². The number of methoxy groups -OCH3 is 1. The van der Waals surface area contributed by atoms with Gasteiger partial charge in [-0.15, -0.1) is 0 Å². The van der Waals surface area contributed by atoms with E-state index in [1.807, 2.05) is 19.1 Å². The summed E-state index contributed by atoms with van der Waals surface area (Å²) in [6.45, 7) is 4.01. The molecule has 0 fully saturated rings. The van der Waals surface area contributed by atoms with Gasteiger partial charge in [0, 0.05) is 5.57 Å². The molecule has 0 heterocycles. The van der Waals surface area contributed by atoms with Crippen LogP contribution in [0.2, 0.25) is 0 Å². The van der Waals surface area contributed by atoms with E-state index < -0.39 is 0 Å². The van der Waals surface area contributed by atoms with E-state index in [-0.39, 0.29) is 0 Å². The normalized spacial score (nSPS) is 12.2. The van der Waals surface area contributed by atoms with Crippen LogP contribution >= 0.6 is 0 Å². The lowest BCUT2D eigenvalue weighted by molar-refractivity contribution is 0.289. The van der Waals surface area contributed by atoms with Gasteiger partial charge in [0.15, 0.2) is 5.88 Å². The van der Waals surface area contributed by atoms with Crippen molar-refractivity contribution >= 4 is 5.57 Å². The first kappa shape index (κ1) is 9.65. The van der Waals surface area contributed by atoms with E-state index in [0.717, 1.165) is 11.1 Å². The molecule has 0 saturated carbocycles. The van der Waals surface area contributed by atoms with E-state index >= 15 is 0 Å². The quantitative estimate of drug-likeness (QED) is 0.703. The molecule has 0 aliphatic heterocycles. The fraction of sp³-hybridized carbons (Fsp3) is 0.273. The Morgan fingerprint density at radius 2 is 1.77 bits per heavy atom. The zero-order valence-corrected chi connectivity index (χ0v) is 8.29. The van der Waals surface area contributed by atoms with Gasteiger partial charge in [0.1, 0.15) is 0 Å². The minimum Gasteiger partial charge on any atom is -0.482 e. The Hall–Kier alpha value is -1.44. The first-order chi connectivity index (χ1) is 6.15. The van der Waals surface area contributed by atoms with Crippen molar-refractivity contribution in [2.45, 2.75) is 13.8 Å². The average molecular weight is 177 g/mol. The molecule has 2 N–H and O–H groups in total. The molecule has 1 rings (SSSR count). The zero-order chi connectivity index (χ0) is 9.84. The summed E-state index contributed by atoms with van der Waals surface area (Å²) in [6.07, 6.45) is 0. The highest BCUT2D eigenvalue weighted by atomic mass is 16.5. The van der Waals surface area contributed by atoms with Crippen molar-refractivity contribution in [2.24, 2.45) is 5.73 Å². The summed E-state index contributed by atoms with van der Waals surface area (Å²) >= 11 is 0. The van der Waals surface area contributed by atoms with E-state index in [1.165, 1.54) is 5.56 Å². The lowest BCUT2D eigenvalue weighted by atomic mass is 10.1. The maximum absolute atomic E-state index is 5.64. The first-order valence-corrected chi connectivity index (χ1v) is 4.22. The largest absolute Gasteiger partial charge is 0.482 e. The molecular weight excluding hydrogens is 162 g/mol.